The smallest absolute Gasteiger partial charge is 0.235 e. The van der Waals surface area contributed by atoms with Gasteiger partial charge in [-0.1, -0.05) is 6.07 Å². The van der Waals surface area contributed by atoms with Crippen molar-refractivity contribution in [3.8, 4) is 11.5 Å². The van der Waals surface area contributed by atoms with Crippen molar-refractivity contribution in [1.29, 1.82) is 0 Å². The third-order valence-corrected chi connectivity index (χ3v) is 4.36. The van der Waals surface area contributed by atoms with Gasteiger partial charge in [0, 0.05) is 12.3 Å². The molecule has 4 rings (SSSR count). The normalized spacial score (nSPS) is 13.7. The summed E-state index contributed by atoms with van der Waals surface area (Å²) in [7, 11) is 0. The van der Waals surface area contributed by atoms with Gasteiger partial charge < -0.3 is 14.8 Å². The molecule has 1 N–H and O–H groups in total. The molecular formula is C18H18N4O3. The van der Waals surface area contributed by atoms with Gasteiger partial charge in [-0.2, -0.15) is 9.61 Å². The highest BCUT2D eigenvalue weighted by molar-refractivity contribution is 5.98. The molecule has 0 saturated heterocycles. The van der Waals surface area contributed by atoms with Crippen molar-refractivity contribution < 1.29 is 14.3 Å². The van der Waals surface area contributed by atoms with Gasteiger partial charge >= 0.3 is 0 Å². The Morgan fingerprint density at radius 2 is 1.92 bits per heavy atom. The van der Waals surface area contributed by atoms with Crippen molar-refractivity contribution in [3.05, 3.63) is 48.3 Å². The molecule has 3 aromatic rings. The summed E-state index contributed by atoms with van der Waals surface area (Å²) in [5.74, 6) is 1.80. The van der Waals surface area contributed by atoms with E-state index in [4.69, 9.17) is 9.47 Å². The molecule has 0 spiro atoms. The minimum atomic E-state index is -0.765. The molecule has 0 fully saturated rings. The zero-order chi connectivity index (χ0) is 17.4. The minimum Gasteiger partial charge on any atom is -0.486 e. The van der Waals surface area contributed by atoms with E-state index in [1.807, 2.05) is 32.0 Å². The zero-order valence-corrected chi connectivity index (χ0v) is 14.0. The largest absolute Gasteiger partial charge is 0.486 e. The first-order valence-electron chi connectivity index (χ1n) is 8.06. The van der Waals surface area contributed by atoms with Crippen molar-refractivity contribution in [1.82, 2.24) is 14.6 Å². The van der Waals surface area contributed by atoms with Gasteiger partial charge in [0.1, 0.15) is 19.0 Å². The first kappa shape index (κ1) is 15.4. The molecule has 25 heavy (non-hydrogen) atoms. The van der Waals surface area contributed by atoms with Crippen LogP contribution in [0.25, 0.3) is 5.65 Å². The zero-order valence-electron chi connectivity index (χ0n) is 14.0. The average Bonchev–Trinajstić information content (AvgIpc) is 3.11. The SMILES string of the molecule is CC(C)(C(=O)Nc1ccnc2ccnn12)c1ccc2c(c1)OCCO2. The predicted molar refractivity (Wildman–Crippen MR) is 92.1 cm³/mol. The Bertz CT molecular complexity index is 948. The molecule has 1 aliphatic rings. The molecule has 0 unspecified atom stereocenters. The minimum absolute atomic E-state index is 0.146. The second kappa shape index (κ2) is 5.77. The van der Waals surface area contributed by atoms with Crippen LogP contribution in [0.2, 0.25) is 0 Å². The maximum atomic E-state index is 12.9. The topological polar surface area (TPSA) is 77.8 Å². The molecule has 7 nitrogen and oxygen atoms in total. The fourth-order valence-corrected chi connectivity index (χ4v) is 2.76. The summed E-state index contributed by atoms with van der Waals surface area (Å²) in [4.78, 5) is 17.1. The molecule has 1 amide bonds. The fourth-order valence-electron chi connectivity index (χ4n) is 2.76. The number of fused-ring (bicyclic) bond motifs is 2. The Hall–Kier alpha value is -3.09. The van der Waals surface area contributed by atoms with Crippen LogP contribution in [-0.2, 0) is 10.2 Å². The molecule has 0 saturated carbocycles. The summed E-state index contributed by atoms with van der Waals surface area (Å²) in [5, 5.41) is 7.13. The molecule has 1 aliphatic heterocycles. The number of hydrogen-bond donors (Lipinski definition) is 1. The Kier molecular flexibility index (Phi) is 3.56. The van der Waals surface area contributed by atoms with E-state index in [1.165, 1.54) is 0 Å². The molecule has 0 atom stereocenters. The Morgan fingerprint density at radius 1 is 1.12 bits per heavy atom. The number of ether oxygens (including phenoxy) is 2. The monoisotopic (exact) mass is 338 g/mol. The molecular weight excluding hydrogens is 320 g/mol. The molecule has 7 heteroatoms. The molecule has 2 aromatic heterocycles. The highest BCUT2D eigenvalue weighted by Gasteiger charge is 2.31. The Labute approximate surface area is 144 Å². The number of aromatic nitrogens is 3. The summed E-state index contributed by atoms with van der Waals surface area (Å²) in [6.07, 6.45) is 3.29. The van der Waals surface area contributed by atoms with E-state index in [-0.39, 0.29) is 5.91 Å². The highest BCUT2D eigenvalue weighted by Crippen LogP contribution is 2.35. The fraction of sp³-hybridized carbons (Fsp3) is 0.278. The number of carbonyl (C=O) groups excluding carboxylic acids is 1. The number of nitrogens with zero attached hydrogens (tertiary/aromatic N) is 3. The summed E-state index contributed by atoms with van der Waals surface area (Å²) in [5.41, 5.74) is 0.758. The van der Waals surface area contributed by atoms with Gasteiger partial charge in [0.05, 0.1) is 11.6 Å². The van der Waals surface area contributed by atoms with Gasteiger partial charge in [-0.05, 0) is 37.6 Å². The van der Waals surface area contributed by atoms with Crippen molar-refractivity contribution in [2.24, 2.45) is 0 Å². The van der Waals surface area contributed by atoms with Crippen LogP contribution in [-0.4, -0.2) is 33.7 Å². The third-order valence-electron chi connectivity index (χ3n) is 4.36. The number of benzene rings is 1. The molecule has 128 valence electrons. The van der Waals surface area contributed by atoms with Crippen LogP contribution in [0.5, 0.6) is 11.5 Å². The third kappa shape index (κ3) is 2.67. The number of anilines is 1. The van der Waals surface area contributed by atoms with E-state index in [1.54, 1.807) is 29.0 Å². The van der Waals surface area contributed by atoms with E-state index in [0.29, 0.717) is 36.2 Å². The molecule has 0 aliphatic carbocycles. The Balaban J connectivity index is 1.63. The predicted octanol–water partition coefficient (Wildman–Crippen LogP) is 2.42. The van der Waals surface area contributed by atoms with Crippen molar-refractivity contribution >= 4 is 17.4 Å². The van der Waals surface area contributed by atoms with Crippen molar-refractivity contribution in [2.75, 3.05) is 18.5 Å². The van der Waals surface area contributed by atoms with E-state index in [9.17, 15) is 4.79 Å². The number of rotatable bonds is 3. The van der Waals surface area contributed by atoms with Crippen LogP contribution in [0.4, 0.5) is 5.82 Å². The van der Waals surface area contributed by atoms with E-state index in [0.717, 1.165) is 5.56 Å². The number of carbonyl (C=O) groups is 1. The lowest BCUT2D eigenvalue weighted by atomic mass is 9.83. The van der Waals surface area contributed by atoms with Gasteiger partial charge in [0.2, 0.25) is 5.91 Å². The van der Waals surface area contributed by atoms with Crippen LogP contribution < -0.4 is 14.8 Å². The van der Waals surface area contributed by atoms with Crippen molar-refractivity contribution in [2.45, 2.75) is 19.3 Å². The summed E-state index contributed by atoms with van der Waals surface area (Å²) >= 11 is 0. The summed E-state index contributed by atoms with van der Waals surface area (Å²) in [6.45, 7) is 4.79. The van der Waals surface area contributed by atoms with E-state index >= 15 is 0 Å². The maximum absolute atomic E-state index is 12.9. The summed E-state index contributed by atoms with van der Waals surface area (Å²) < 4.78 is 12.8. The van der Waals surface area contributed by atoms with Crippen LogP contribution in [0.3, 0.4) is 0 Å². The second-order valence-electron chi connectivity index (χ2n) is 6.37. The first-order chi connectivity index (χ1) is 12.1. The van der Waals surface area contributed by atoms with Gasteiger partial charge in [-0.25, -0.2) is 4.98 Å². The number of amides is 1. The molecule has 1 aromatic carbocycles. The van der Waals surface area contributed by atoms with Gasteiger partial charge in [0.25, 0.3) is 0 Å². The standard InChI is InChI=1S/C18H18N4O3/c1-18(2,12-3-4-13-14(11-12)25-10-9-24-13)17(23)21-16-5-7-19-15-6-8-20-22(15)16/h3-8,11H,9-10H2,1-2H3,(H,21,23). The molecule has 0 bridgehead atoms. The van der Waals surface area contributed by atoms with Gasteiger partial charge in [-0.3, -0.25) is 4.79 Å². The maximum Gasteiger partial charge on any atom is 0.235 e. The molecule has 0 radical (unpaired) electrons. The quantitative estimate of drug-likeness (QED) is 0.793. The number of hydrogen-bond acceptors (Lipinski definition) is 5. The number of nitrogens with one attached hydrogen (secondary N) is 1. The van der Waals surface area contributed by atoms with Crippen LogP contribution in [0, 0.1) is 0 Å². The van der Waals surface area contributed by atoms with Crippen LogP contribution in [0.15, 0.2) is 42.7 Å². The van der Waals surface area contributed by atoms with Gasteiger partial charge in [0.15, 0.2) is 17.1 Å². The van der Waals surface area contributed by atoms with Crippen molar-refractivity contribution in [3.63, 3.8) is 0 Å². The summed E-state index contributed by atoms with van der Waals surface area (Å²) in [6, 6.07) is 9.10. The molecule has 3 heterocycles. The first-order valence-corrected chi connectivity index (χ1v) is 8.06. The Morgan fingerprint density at radius 3 is 2.76 bits per heavy atom. The second-order valence-corrected chi connectivity index (χ2v) is 6.37. The van der Waals surface area contributed by atoms with Crippen LogP contribution in [0.1, 0.15) is 19.4 Å². The van der Waals surface area contributed by atoms with E-state index < -0.39 is 5.41 Å². The van der Waals surface area contributed by atoms with Crippen LogP contribution >= 0.6 is 0 Å². The lowest BCUT2D eigenvalue weighted by Gasteiger charge is -2.26. The highest BCUT2D eigenvalue weighted by atomic mass is 16.6. The van der Waals surface area contributed by atoms with E-state index in [2.05, 4.69) is 15.4 Å². The lowest BCUT2D eigenvalue weighted by molar-refractivity contribution is -0.120. The van der Waals surface area contributed by atoms with Gasteiger partial charge in [-0.15, -0.1) is 0 Å². The average molecular weight is 338 g/mol. The lowest BCUT2D eigenvalue weighted by Crippen LogP contribution is -2.35.